The molecule has 1 unspecified atom stereocenters. The Morgan fingerprint density at radius 2 is 1.86 bits per heavy atom. The molecular formula is C16H25BrN2O2. The maximum atomic E-state index is 5.91. The molecule has 0 bridgehead atoms. The van der Waals surface area contributed by atoms with Crippen LogP contribution in [0.15, 0.2) is 16.6 Å². The molecule has 118 valence electrons. The number of benzene rings is 1. The highest BCUT2D eigenvalue weighted by Crippen LogP contribution is 2.49. The third kappa shape index (κ3) is 3.20. The van der Waals surface area contributed by atoms with E-state index >= 15 is 0 Å². The summed E-state index contributed by atoms with van der Waals surface area (Å²) in [6, 6.07) is 4.07. The van der Waals surface area contributed by atoms with Crippen LogP contribution in [0, 0.1) is 5.41 Å². The largest absolute Gasteiger partial charge is 0.495 e. The molecule has 1 aliphatic carbocycles. The molecule has 0 spiro atoms. The number of rotatable bonds is 5. The Kier molecular flexibility index (Phi) is 5.52. The van der Waals surface area contributed by atoms with Gasteiger partial charge in [-0.3, -0.25) is 11.3 Å². The fraction of sp³-hybridized carbons (Fsp3) is 0.625. The van der Waals surface area contributed by atoms with E-state index in [-0.39, 0.29) is 11.5 Å². The standard InChI is InChI=1S/C16H25BrN2O2/c1-16(9-5-4-6-10-16)15(19-18)11-7-8-12(20-2)13(17)14(11)21-3/h7-8,15,19H,4-6,9-10,18H2,1-3H3. The Morgan fingerprint density at radius 3 is 2.38 bits per heavy atom. The van der Waals surface area contributed by atoms with Crippen LogP contribution in [0.5, 0.6) is 11.5 Å². The van der Waals surface area contributed by atoms with Gasteiger partial charge in [0.15, 0.2) is 0 Å². The van der Waals surface area contributed by atoms with E-state index in [1.165, 1.54) is 32.1 Å². The minimum atomic E-state index is 0.0648. The molecule has 1 aromatic carbocycles. The first-order valence-electron chi connectivity index (χ1n) is 7.44. The van der Waals surface area contributed by atoms with E-state index in [1.807, 2.05) is 12.1 Å². The summed E-state index contributed by atoms with van der Waals surface area (Å²) in [4.78, 5) is 0. The smallest absolute Gasteiger partial charge is 0.141 e. The van der Waals surface area contributed by atoms with E-state index in [9.17, 15) is 0 Å². The molecule has 1 atom stereocenters. The van der Waals surface area contributed by atoms with Crippen molar-refractivity contribution in [3.8, 4) is 11.5 Å². The van der Waals surface area contributed by atoms with Crippen LogP contribution in [0.25, 0.3) is 0 Å². The van der Waals surface area contributed by atoms with Crippen LogP contribution < -0.4 is 20.7 Å². The summed E-state index contributed by atoms with van der Waals surface area (Å²) in [6.07, 6.45) is 6.18. The Balaban J connectivity index is 2.44. The summed E-state index contributed by atoms with van der Waals surface area (Å²) >= 11 is 3.57. The van der Waals surface area contributed by atoms with Crippen LogP contribution >= 0.6 is 15.9 Å². The number of nitrogens with one attached hydrogen (secondary N) is 1. The van der Waals surface area contributed by atoms with Crippen LogP contribution in [0.1, 0.15) is 50.6 Å². The van der Waals surface area contributed by atoms with Gasteiger partial charge in [-0.05, 0) is 46.3 Å². The lowest BCUT2D eigenvalue weighted by Gasteiger charge is -2.41. The summed E-state index contributed by atoms with van der Waals surface area (Å²) in [5.74, 6) is 7.47. The molecule has 0 heterocycles. The summed E-state index contributed by atoms with van der Waals surface area (Å²) < 4.78 is 11.8. The van der Waals surface area contributed by atoms with Crippen molar-refractivity contribution in [2.45, 2.75) is 45.1 Å². The highest BCUT2D eigenvalue weighted by atomic mass is 79.9. The van der Waals surface area contributed by atoms with Gasteiger partial charge in [-0.1, -0.05) is 26.2 Å². The lowest BCUT2D eigenvalue weighted by molar-refractivity contribution is 0.142. The second-order valence-electron chi connectivity index (χ2n) is 6.02. The maximum absolute atomic E-state index is 5.91. The molecule has 4 nitrogen and oxygen atoms in total. The molecule has 1 saturated carbocycles. The van der Waals surface area contributed by atoms with Gasteiger partial charge in [-0.2, -0.15) is 0 Å². The van der Waals surface area contributed by atoms with Crippen molar-refractivity contribution < 1.29 is 9.47 Å². The topological polar surface area (TPSA) is 56.5 Å². The fourth-order valence-electron chi connectivity index (χ4n) is 3.46. The van der Waals surface area contributed by atoms with Crippen LogP contribution in [0.4, 0.5) is 0 Å². The van der Waals surface area contributed by atoms with Gasteiger partial charge in [-0.15, -0.1) is 0 Å². The Hall–Kier alpha value is -0.780. The van der Waals surface area contributed by atoms with E-state index in [1.54, 1.807) is 14.2 Å². The second-order valence-corrected chi connectivity index (χ2v) is 6.81. The zero-order valence-electron chi connectivity index (χ0n) is 13.0. The molecule has 0 radical (unpaired) electrons. The van der Waals surface area contributed by atoms with Crippen molar-refractivity contribution in [3.05, 3.63) is 22.2 Å². The molecule has 21 heavy (non-hydrogen) atoms. The molecule has 2 rings (SSSR count). The summed E-state index contributed by atoms with van der Waals surface area (Å²) in [7, 11) is 3.33. The average molecular weight is 357 g/mol. The monoisotopic (exact) mass is 356 g/mol. The van der Waals surface area contributed by atoms with Gasteiger partial charge in [0.05, 0.1) is 20.3 Å². The molecular weight excluding hydrogens is 332 g/mol. The molecule has 1 aliphatic rings. The number of hydrazine groups is 1. The van der Waals surface area contributed by atoms with E-state index < -0.39 is 0 Å². The lowest BCUT2D eigenvalue weighted by Crippen LogP contribution is -2.41. The van der Waals surface area contributed by atoms with E-state index in [0.29, 0.717) is 0 Å². The molecule has 5 heteroatoms. The number of hydrogen-bond donors (Lipinski definition) is 2. The van der Waals surface area contributed by atoms with Crippen molar-refractivity contribution in [2.75, 3.05) is 14.2 Å². The van der Waals surface area contributed by atoms with Gasteiger partial charge in [0.2, 0.25) is 0 Å². The third-order valence-electron chi connectivity index (χ3n) is 4.69. The first kappa shape index (κ1) is 16.6. The van der Waals surface area contributed by atoms with Gasteiger partial charge in [0.25, 0.3) is 0 Å². The Labute approximate surface area is 135 Å². The second kappa shape index (κ2) is 6.99. The SMILES string of the molecule is COc1ccc(C(NN)C2(C)CCCCC2)c(OC)c1Br. The number of halogens is 1. The molecule has 0 amide bonds. The van der Waals surface area contributed by atoms with Crippen LogP contribution in [-0.2, 0) is 0 Å². The number of ether oxygens (including phenoxy) is 2. The van der Waals surface area contributed by atoms with Gasteiger partial charge in [0, 0.05) is 5.56 Å². The highest BCUT2D eigenvalue weighted by molar-refractivity contribution is 9.10. The van der Waals surface area contributed by atoms with E-state index in [4.69, 9.17) is 15.3 Å². The molecule has 0 saturated heterocycles. The first-order valence-corrected chi connectivity index (χ1v) is 8.23. The number of nitrogens with two attached hydrogens (primary N) is 1. The zero-order valence-corrected chi connectivity index (χ0v) is 14.6. The molecule has 3 N–H and O–H groups in total. The third-order valence-corrected chi connectivity index (χ3v) is 5.44. The van der Waals surface area contributed by atoms with Gasteiger partial charge in [0.1, 0.15) is 16.0 Å². The zero-order chi connectivity index (χ0) is 15.5. The van der Waals surface area contributed by atoms with Crippen LogP contribution in [0.2, 0.25) is 0 Å². The number of hydrogen-bond acceptors (Lipinski definition) is 4. The predicted molar refractivity (Wildman–Crippen MR) is 88.5 cm³/mol. The quantitative estimate of drug-likeness (QED) is 0.619. The molecule has 0 aliphatic heterocycles. The highest BCUT2D eigenvalue weighted by Gasteiger charge is 2.37. The minimum absolute atomic E-state index is 0.0648. The van der Waals surface area contributed by atoms with Crippen LogP contribution in [-0.4, -0.2) is 14.2 Å². The van der Waals surface area contributed by atoms with Crippen molar-refractivity contribution in [3.63, 3.8) is 0 Å². The van der Waals surface area contributed by atoms with Gasteiger partial charge in [-0.25, -0.2) is 0 Å². The molecule has 1 fully saturated rings. The lowest BCUT2D eigenvalue weighted by atomic mass is 9.68. The fourth-order valence-corrected chi connectivity index (χ4v) is 4.14. The van der Waals surface area contributed by atoms with Gasteiger partial charge < -0.3 is 9.47 Å². The van der Waals surface area contributed by atoms with Crippen molar-refractivity contribution in [1.82, 2.24) is 5.43 Å². The normalized spacial score (nSPS) is 19.1. The van der Waals surface area contributed by atoms with E-state index in [2.05, 4.69) is 28.3 Å². The van der Waals surface area contributed by atoms with E-state index in [0.717, 1.165) is 21.5 Å². The number of methoxy groups -OCH3 is 2. The Morgan fingerprint density at radius 1 is 1.19 bits per heavy atom. The van der Waals surface area contributed by atoms with Crippen LogP contribution in [0.3, 0.4) is 0 Å². The minimum Gasteiger partial charge on any atom is -0.495 e. The summed E-state index contributed by atoms with van der Waals surface area (Å²) in [5.41, 5.74) is 4.25. The maximum Gasteiger partial charge on any atom is 0.141 e. The average Bonchev–Trinajstić information content (AvgIpc) is 2.49. The summed E-state index contributed by atoms with van der Waals surface area (Å²) in [5, 5.41) is 0. The van der Waals surface area contributed by atoms with Crippen molar-refractivity contribution in [1.29, 1.82) is 0 Å². The predicted octanol–water partition coefficient (Wildman–Crippen LogP) is 3.94. The first-order chi connectivity index (χ1) is 10.1. The molecule has 1 aromatic rings. The van der Waals surface area contributed by atoms with Crippen molar-refractivity contribution >= 4 is 15.9 Å². The van der Waals surface area contributed by atoms with Crippen molar-refractivity contribution in [2.24, 2.45) is 11.3 Å². The molecule has 0 aromatic heterocycles. The summed E-state index contributed by atoms with van der Waals surface area (Å²) in [6.45, 7) is 2.31. The van der Waals surface area contributed by atoms with Gasteiger partial charge >= 0.3 is 0 Å². The Bertz CT molecular complexity index is 487.